The number of nitrogens with two attached hydrogens (primary N) is 1. The van der Waals surface area contributed by atoms with Gasteiger partial charge >= 0.3 is 0 Å². The average Bonchev–Trinajstić information content (AvgIpc) is 2.57. The summed E-state index contributed by atoms with van der Waals surface area (Å²) in [7, 11) is 1.74. The van der Waals surface area contributed by atoms with Crippen molar-refractivity contribution in [3.63, 3.8) is 0 Å². The van der Waals surface area contributed by atoms with Gasteiger partial charge < -0.3 is 10.2 Å². The first-order valence-corrected chi connectivity index (χ1v) is 8.39. The van der Waals surface area contributed by atoms with Gasteiger partial charge in [0.1, 0.15) is 11.9 Å². The molecule has 0 radical (unpaired) electrons. The van der Waals surface area contributed by atoms with Crippen LogP contribution in [0.1, 0.15) is 25.5 Å². The summed E-state index contributed by atoms with van der Waals surface area (Å²) in [6, 6.07) is 11.6. The molecule has 1 amide bonds. The molecule has 2 N–H and O–H groups in total. The lowest BCUT2D eigenvalue weighted by Gasteiger charge is -2.23. The minimum absolute atomic E-state index is 0.0103. The number of likely N-dealkylation sites (N-methyl/N-ethyl adjacent to an activating group) is 1. The number of carbonyl (C=O) groups excluding carboxylic acids is 1. The highest BCUT2D eigenvalue weighted by Crippen LogP contribution is 2.27. The second-order valence-electron chi connectivity index (χ2n) is 5.79. The molecular weight excluding hydrogens is 350 g/mol. The van der Waals surface area contributed by atoms with Crippen LogP contribution in [0.15, 0.2) is 42.5 Å². The van der Waals surface area contributed by atoms with Gasteiger partial charge in [-0.25, -0.2) is 4.39 Å². The highest BCUT2D eigenvalue weighted by Gasteiger charge is 2.25. The number of halogens is 3. The largest absolute Gasteiger partial charge is 0.330 e. The van der Waals surface area contributed by atoms with Crippen LogP contribution in [0.2, 0.25) is 10.0 Å². The number of quaternary nitrogens is 1. The van der Waals surface area contributed by atoms with Crippen molar-refractivity contribution in [2.75, 3.05) is 11.9 Å². The summed E-state index contributed by atoms with van der Waals surface area (Å²) in [4.78, 5) is 14.2. The highest BCUT2D eigenvalue weighted by atomic mass is 35.5. The fourth-order valence-electron chi connectivity index (χ4n) is 2.59. The minimum atomic E-state index is -0.517. The van der Waals surface area contributed by atoms with E-state index in [9.17, 15) is 9.18 Å². The molecule has 2 aromatic rings. The smallest absolute Gasteiger partial charge is 0.284 e. The molecule has 128 valence electrons. The van der Waals surface area contributed by atoms with Gasteiger partial charge in [-0.05, 0) is 38.1 Å². The summed E-state index contributed by atoms with van der Waals surface area (Å²) < 4.78 is 13.7. The molecule has 0 saturated heterocycles. The number of para-hydroxylation sites is 1. The topological polar surface area (TPSA) is 36.9 Å². The lowest BCUT2D eigenvalue weighted by atomic mass is 10.1. The molecule has 2 rings (SSSR count). The van der Waals surface area contributed by atoms with E-state index in [-0.39, 0.29) is 23.0 Å². The van der Waals surface area contributed by atoms with Crippen LogP contribution in [0.3, 0.4) is 0 Å². The Bertz CT molecular complexity index is 724. The van der Waals surface area contributed by atoms with Crippen molar-refractivity contribution in [2.45, 2.75) is 25.9 Å². The van der Waals surface area contributed by atoms with Gasteiger partial charge in [-0.15, -0.1) is 0 Å². The number of amides is 1. The SMILES string of the molecule is C[C@H]([NH2+][C@H](C)c1cc(F)c(Cl)cc1Cl)C(=O)N(C)c1ccccc1. The molecule has 0 fully saturated rings. The van der Waals surface area contributed by atoms with E-state index < -0.39 is 5.82 Å². The average molecular weight is 370 g/mol. The Morgan fingerprint density at radius 2 is 1.75 bits per heavy atom. The minimum Gasteiger partial charge on any atom is -0.330 e. The molecule has 0 saturated carbocycles. The van der Waals surface area contributed by atoms with Gasteiger partial charge in [0.25, 0.3) is 5.91 Å². The molecule has 0 heterocycles. The van der Waals surface area contributed by atoms with Gasteiger partial charge in [-0.3, -0.25) is 4.79 Å². The molecule has 0 bridgehead atoms. The number of benzene rings is 2. The van der Waals surface area contributed by atoms with E-state index in [0.29, 0.717) is 10.6 Å². The number of carbonyl (C=O) groups is 1. The lowest BCUT2D eigenvalue weighted by molar-refractivity contribution is -0.710. The Morgan fingerprint density at radius 3 is 2.38 bits per heavy atom. The summed E-state index contributed by atoms with van der Waals surface area (Å²) in [5.41, 5.74) is 1.44. The zero-order valence-corrected chi connectivity index (χ0v) is 15.3. The summed E-state index contributed by atoms with van der Waals surface area (Å²) in [6.45, 7) is 3.69. The Balaban J connectivity index is 2.10. The van der Waals surface area contributed by atoms with Crippen molar-refractivity contribution in [1.29, 1.82) is 0 Å². The van der Waals surface area contributed by atoms with E-state index in [4.69, 9.17) is 23.2 Å². The molecule has 2 aromatic carbocycles. The second kappa shape index (κ2) is 7.97. The van der Waals surface area contributed by atoms with Crippen LogP contribution in [0.5, 0.6) is 0 Å². The van der Waals surface area contributed by atoms with Crippen LogP contribution < -0.4 is 10.2 Å². The molecule has 0 spiro atoms. The third kappa shape index (κ3) is 4.26. The van der Waals surface area contributed by atoms with Gasteiger partial charge in [0.05, 0.1) is 10.0 Å². The summed E-state index contributed by atoms with van der Waals surface area (Å²) >= 11 is 11.9. The van der Waals surface area contributed by atoms with E-state index in [0.717, 1.165) is 5.69 Å². The van der Waals surface area contributed by atoms with Crippen LogP contribution in [0.25, 0.3) is 0 Å². The summed E-state index contributed by atoms with van der Waals surface area (Å²) in [5.74, 6) is -0.560. The summed E-state index contributed by atoms with van der Waals surface area (Å²) in [6.07, 6.45) is 0. The Morgan fingerprint density at radius 1 is 1.12 bits per heavy atom. The molecule has 3 nitrogen and oxygen atoms in total. The third-order valence-electron chi connectivity index (χ3n) is 3.97. The molecule has 0 aliphatic rings. The number of rotatable bonds is 5. The van der Waals surface area contributed by atoms with Crippen molar-refractivity contribution in [3.8, 4) is 0 Å². The predicted octanol–water partition coefficient (Wildman–Crippen LogP) is 3.81. The first kappa shape index (κ1) is 18.7. The Hall–Kier alpha value is -1.62. The van der Waals surface area contributed by atoms with Gasteiger partial charge in [0, 0.05) is 18.3 Å². The molecule has 0 unspecified atom stereocenters. The van der Waals surface area contributed by atoms with Crippen LogP contribution >= 0.6 is 23.2 Å². The molecule has 0 aliphatic carbocycles. The quantitative estimate of drug-likeness (QED) is 0.799. The number of anilines is 1. The normalized spacial score (nSPS) is 13.4. The van der Waals surface area contributed by atoms with E-state index in [1.807, 2.05) is 49.5 Å². The monoisotopic (exact) mass is 369 g/mol. The van der Waals surface area contributed by atoms with Crippen molar-refractivity contribution in [2.24, 2.45) is 0 Å². The van der Waals surface area contributed by atoms with Gasteiger partial charge in [-0.1, -0.05) is 41.4 Å². The second-order valence-corrected chi connectivity index (χ2v) is 6.60. The molecule has 24 heavy (non-hydrogen) atoms. The fourth-order valence-corrected chi connectivity index (χ4v) is 3.15. The fraction of sp³-hybridized carbons (Fsp3) is 0.278. The van der Waals surface area contributed by atoms with Crippen molar-refractivity contribution in [3.05, 3.63) is 63.9 Å². The number of hydrogen-bond acceptors (Lipinski definition) is 1. The predicted molar refractivity (Wildman–Crippen MR) is 96.1 cm³/mol. The van der Waals surface area contributed by atoms with Crippen molar-refractivity contribution >= 4 is 34.8 Å². The molecule has 2 atom stereocenters. The summed E-state index contributed by atoms with van der Waals surface area (Å²) in [5, 5.41) is 2.24. The lowest BCUT2D eigenvalue weighted by Crippen LogP contribution is -2.92. The van der Waals surface area contributed by atoms with Gasteiger partial charge in [-0.2, -0.15) is 0 Å². The van der Waals surface area contributed by atoms with Crippen molar-refractivity contribution < 1.29 is 14.5 Å². The van der Waals surface area contributed by atoms with Gasteiger partial charge in [0.2, 0.25) is 0 Å². The molecular formula is C18H20Cl2FN2O+. The van der Waals surface area contributed by atoms with Crippen LogP contribution in [0, 0.1) is 5.82 Å². The van der Waals surface area contributed by atoms with Gasteiger partial charge in [0.15, 0.2) is 6.04 Å². The van der Waals surface area contributed by atoms with E-state index in [2.05, 4.69) is 0 Å². The Kier molecular flexibility index (Phi) is 6.21. The maximum atomic E-state index is 13.7. The maximum absolute atomic E-state index is 13.7. The first-order chi connectivity index (χ1) is 11.3. The van der Waals surface area contributed by atoms with E-state index in [1.165, 1.54) is 12.1 Å². The molecule has 6 heteroatoms. The van der Waals surface area contributed by atoms with Crippen LogP contribution in [-0.4, -0.2) is 19.0 Å². The maximum Gasteiger partial charge on any atom is 0.284 e. The molecule has 0 aromatic heterocycles. The van der Waals surface area contributed by atoms with E-state index >= 15 is 0 Å². The third-order valence-corrected chi connectivity index (χ3v) is 4.59. The zero-order valence-electron chi connectivity index (χ0n) is 13.8. The highest BCUT2D eigenvalue weighted by molar-refractivity contribution is 6.35. The van der Waals surface area contributed by atoms with Crippen molar-refractivity contribution in [1.82, 2.24) is 0 Å². The number of nitrogens with zero attached hydrogens (tertiary/aromatic N) is 1. The number of hydrogen-bond donors (Lipinski definition) is 1. The standard InChI is InChI=1S/C18H19Cl2FN2O/c1-11(14-9-17(21)16(20)10-15(14)19)22-12(2)18(24)23(3)13-7-5-4-6-8-13/h4-12,22H,1-3H3/p+1/t11-,12+/m1/s1. The van der Waals surface area contributed by atoms with Crippen LogP contribution in [0.4, 0.5) is 10.1 Å². The van der Waals surface area contributed by atoms with Crippen LogP contribution in [-0.2, 0) is 4.79 Å². The zero-order chi connectivity index (χ0) is 17.9. The van der Waals surface area contributed by atoms with E-state index in [1.54, 1.807) is 11.9 Å². The molecule has 0 aliphatic heterocycles. The first-order valence-electron chi connectivity index (χ1n) is 7.63. The Labute approximate surface area is 151 Å².